The number of amides is 1. The van der Waals surface area contributed by atoms with Crippen LogP contribution in [0.15, 0.2) is 87.3 Å². The molecule has 11 heteroatoms. The molecule has 198 valence electrons. The Morgan fingerprint density at radius 2 is 1.64 bits per heavy atom. The topological polar surface area (TPSA) is 121 Å². The monoisotopic (exact) mass is 560 g/mol. The number of thioether (sulfide) groups is 1. The number of fused-ring (bicyclic) bond motifs is 1. The maximum Gasteiger partial charge on any atom is 0.339 e. The molecule has 2 aliphatic heterocycles. The molecular weight excluding hydrogens is 536 g/mol. The molecule has 1 amide bonds. The quantitative estimate of drug-likeness (QED) is 0.314. The lowest BCUT2D eigenvalue weighted by molar-refractivity contribution is -0.114. The summed E-state index contributed by atoms with van der Waals surface area (Å²) in [5.74, 6) is -0.495. The minimum atomic E-state index is -4.09. The van der Waals surface area contributed by atoms with Gasteiger partial charge in [-0.1, -0.05) is 53.6 Å². The molecule has 3 aromatic rings. The zero-order valence-electron chi connectivity index (χ0n) is 21.3. The van der Waals surface area contributed by atoms with Gasteiger partial charge in [0.25, 0.3) is 5.91 Å². The summed E-state index contributed by atoms with van der Waals surface area (Å²) in [6, 6.07) is 18.7. The van der Waals surface area contributed by atoms with E-state index in [1.54, 1.807) is 31.2 Å². The SMILES string of the molecule is CCOc1cc(/C=C2/C(=N)N3N=C(c4ccc(C)cc4)SC3=NC2=O)ccc1OS(=O)(=O)c1ccc(C)cc1. The zero-order valence-corrected chi connectivity index (χ0v) is 23.0. The average Bonchev–Trinajstić information content (AvgIpc) is 3.33. The van der Waals surface area contributed by atoms with Crippen molar-refractivity contribution < 1.29 is 22.1 Å². The largest absolute Gasteiger partial charge is 0.490 e. The zero-order chi connectivity index (χ0) is 27.7. The molecule has 9 nitrogen and oxygen atoms in total. The van der Waals surface area contributed by atoms with Crippen molar-refractivity contribution in [2.75, 3.05) is 6.61 Å². The number of nitrogens with one attached hydrogen (secondary N) is 1. The molecule has 2 heterocycles. The first-order valence-electron chi connectivity index (χ1n) is 12.0. The number of amidine groups is 2. The number of rotatable bonds is 7. The summed E-state index contributed by atoms with van der Waals surface area (Å²) in [4.78, 5) is 17.0. The van der Waals surface area contributed by atoms with Crippen LogP contribution in [-0.2, 0) is 14.9 Å². The Balaban J connectivity index is 1.43. The molecule has 1 N–H and O–H groups in total. The van der Waals surface area contributed by atoms with E-state index in [9.17, 15) is 13.2 Å². The van der Waals surface area contributed by atoms with Crippen molar-refractivity contribution in [1.29, 1.82) is 5.41 Å². The van der Waals surface area contributed by atoms with Gasteiger partial charge in [0, 0.05) is 5.56 Å². The average molecular weight is 561 g/mol. The van der Waals surface area contributed by atoms with Crippen LogP contribution < -0.4 is 8.92 Å². The Hall–Kier alpha value is -4.22. The van der Waals surface area contributed by atoms with Crippen molar-refractivity contribution in [2.24, 2.45) is 10.1 Å². The van der Waals surface area contributed by atoms with E-state index in [1.807, 2.05) is 38.1 Å². The number of hydrazone groups is 1. The number of hydrogen-bond donors (Lipinski definition) is 1. The first-order valence-corrected chi connectivity index (χ1v) is 14.2. The number of hydrogen-bond acceptors (Lipinski definition) is 8. The number of aliphatic imine (C=N–C) groups is 1. The van der Waals surface area contributed by atoms with Crippen LogP contribution in [0.3, 0.4) is 0 Å². The fraction of sp³-hybridized carbons (Fsp3) is 0.143. The van der Waals surface area contributed by atoms with Gasteiger partial charge in [0.05, 0.1) is 12.2 Å². The van der Waals surface area contributed by atoms with Crippen LogP contribution in [0.4, 0.5) is 0 Å². The molecular formula is C28H24N4O5S2. The van der Waals surface area contributed by atoms with E-state index in [4.69, 9.17) is 14.3 Å². The molecule has 0 aromatic heterocycles. The van der Waals surface area contributed by atoms with Crippen molar-refractivity contribution in [3.63, 3.8) is 0 Å². The summed E-state index contributed by atoms with van der Waals surface area (Å²) >= 11 is 1.23. The lowest BCUT2D eigenvalue weighted by atomic mass is 10.1. The summed E-state index contributed by atoms with van der Waals surface area (Å²) in [5.41, 5.74) is 3.44. The number of carbonyl (C=O) groups is 1. The van der Waals surface area contributed by atoms with Crippen molar-refractivity contribution in [2.45, 2.75) is 25.7 Å². The van der Waals surface area contributed by atoms with Crippen LogP contribution in [0.2, 0.25) is 0 Å². The Kier molecular flexibility index (Phi) is 7.11. The van der Waals surface area contributed by atoms with Gasteiger partial charge in [0.2, 0.25) is 5.17 Å². The highest BCUT2D eigenvalue weighted by molar-refractivity contribution is 8.27. The predicted octanol–water partition coefficient (Wildman–Crippen LogP) is 5.14. The molecule has 5 rings (SSSR count). The van der Waals surface area contributed by atoms with Crippen molar-refractivity contribution in [1.82, 2.24) is 5.01 Å². The van der Waals surface area contributed by atoms with E-state index >= 15 is 0 Å². The van der Waals surface area contributed by atoms with Gasteiger partial charge in [-0.05, 0) is 68.4 Å². The first-order chi connectivity index (χ1) is 18.6. The first kappa shape index (κ1) is 26.4. The summed E-state index contributed by atoms with van der Waals surface area (Å²) in [5, 5.41) is 15.4. The van der Waals surface area contributed by atoms with E-state index in [1.165, 1.54) is 41.0 Å². The van der Waals surface area contributed by atoms with Crippen LogP contribution in [0, 0.1) is 19.3 Å². The second-order valence-electron chi connectivity index (χ2n) is 8.78. The molecule has 0 saturated carbocycles. The molecule has 0 saturated heterocycles. The van der Waals surface area contributed by atoms with Crippen molar-refractivity contribution in [3.8, 4) is 11.5 Å². The minimum Gasteiger partial charge on any atom is -0.490 e. The summed E-state index contributed by atoms with van der Waals surface area (Å²) in [6.45, 7) is 5.86. The Labute approximate surface area is 230 Å². The third-order valence-corrected chi connectivity index (χ3v) is 8.05. The normalized spacial score (nSPS) is 16.2. The van der Waals surface area contributed by atoms with E-state index in [2.05, 4.69) is 10.1 Å². The Bertz CT molecular complexity index is 1680. The van der Waals surface area contributed by atoms with E-state index < -0.39 is 16.0 Å². The van der Waals surface area contributed by atoms with Crippen LogP contribution in [0.1, 0.15) is 29.2 Å². The number of ether oxygens (including phenoxy) is 1. The van der Waals surface area contributed by atoms with Gasteiger partial charge >= 0.3 is 10.1 Å². The molecule has 0 fully saturated rings. The molecule has 39 heavy (non-hydrogen) atoms. The third-order valence-electron chi connectivity index (χ3n) is 5.84. The van der Waals surface area contributed by atoms with Gasteiger partial charge in [-0.3, -0.25) is 10.2 Å². The second-order valence-corrected chi connectivity index (χ2v) is 11.3. The summed E-state index contributed by atoms with van der Waals surface area (Å²) < 4.78 is 36.6. The summed E-state index contributed by atoms with van der Waals surface area (Å²) in [7, 11) is -4.09. The van der Waals surface area contributed by atoms with Gasteiger partial charge in [0.1, 0.15) is 9.94 Å². The van der Waals surface area contributed by atoms with Crippen molar-refractivity contribution >= 4 is 49.9 Å². The van der Waals surface area contributed by atoms with Gasteiger partial charge in [0.15, 0.2) is 17.3 Å². The molecule has 0 atom stereocenters. The molecule has 0 unspecified atom stereocenters. The van der Waals surface area contributed by atoms with E-state index in [0.29, 0.717) is 15.8 Å². The molecule has 0 aliphatic carbocycles. The summed E-state index contributed by atoms with van der Waals surface area (Å²) in [6.07, 6.45) is 1.50. The Morgan fingerprint density at radius 1 is 0.974 bits per heavy atom. The molecule has 3 aromatic carbocycles. The van der Waals surface area contributed by atoms with E-state index in [0.717, 1.165) is 16.7 Å². The van der Waals surface area contributed by atoms with Crippen molar-refractivity contribution in [3.05, 3.63) is 94.6 Å². The van der Waals surface area contributed by atoms with Gasteiger partial charge in [-0.15, -0.1) is 0 Å². The standard InChI is InChI=1S/C28H24N4O5S2/c1-4-36-24-16-19(9-14-23(24)37-39(34,35)21-12-7-18(3)8-13-21)15-22-25(29)32-28(30-26(22)33)38-27(31-32)20-10-5-17(2)6-11-20/h5-16,29H,4H2,1-3H3/b22-15-,29-25?. The molecule has 2 aliphatic rings. The molecule has 0 radical (unpaired) electrons. The fourth-order valence-corrected chi connectivity index (χ4v) is 5.63. The van der Waals surface area contributed by atoms with Gasteiger partial charge < -0.3 is 8.92 Å². The van der Waals surface area contributed by atoms with Crippen LogP contribution >= 0.6 is 11.8 Å². The smallest absolute Gasteiger partial charge is 0.339 e. The molecule has 0 spiro atoms. The van der Waals surface area contributed by atoms with Gasteiger partial charge in [-0.25, -0.2) is 0 Å². The lowest BCUT2D eigenvalue weighted by Gasteiger charge is -2.20. The van der Waals surface area contributed by atoms with Crippen LogP contribution in [0.5, 0.6) is 11.5 Å². The van der Waals surface area contributed by atoms with Gasteiger partial charge in [-0.2, -0.15) is 23.5 Å². The number of benzene rings is 3. The Morgan fingerprint density at radius 3 is 2.31 bits per heavy atom. The van der Waals surface area contributed by atoms with E-state index in [-0.39, 0.29) is 34.4 Å². The highest BCUT2D eigenvalue weighted by Crippen LogP contribution is 2.34. The maximum absolute atomic E-state index is 12.9. The number of aryl methyl sites for hydroxylation is 2. The second kappa shape index (κ2) is 10.5. The number of carbonyl (C=O) groups excluding carboxylic acids is 1. The number of nitrogens with zero attached hydrogens (tertiary/aromatic N) is 3. The fourth-order valence-electron chi connectivity index (χ4n) is 3.79. The highest BCUT2D eigenvalue weighted by atomic mass is 32.2. The minimum absolute atomic E-state index is 0.00760. The van der Waals surface area contributed by atoms with Crippen LogP contribution in [-0.4, -0.2) is 42.0 Å². The predicted molar refractivity (Wildman–Crippen MR) is 152 cm³/mol. The lowest BCUT2D eigenvalue weighted by Crippen LogP contribution is -2.35. The third kappa shape index (κ3) is 5.50. The molecule has 0 bridgehead atoms. The highest BCUT2D eigenvalue weighted by Gasteiger charge is 2.36. The maximum atomic E-state index is 12.9. The van der Waals surface area contributed by atoms with Crippen LogP contribution in [0.25, 0.3) is 6.08 Å².